The second kappa shape index (κ2) is 4.87. The average Bonchev–Trinajstić information content (AvgIpc) is 2.68. The number of amides is 1. The van der Waals surface area contributed by atoms with Crippen LogP contribution < -0.4 is 11.1 Å². The Morgan fingerprint density at radius 3 is 2.55 bits per heavy atom. The number of halogens is 3. The molecule has 1 amide bonds. The topological polar surface area (TPSA) is 72.9 Å². The van der Waals surface area contributed by atoms with Crippen molar-refractivity contribution in [1.82, 2.24) is 9.78 Å². The van der Waals surface area contributed by atoms with Crippen LogP contribution in [-0.4, -0.2) is 15.7 Å². The van der Waals surface area contributed by atoms with Gasteiger partial charge in [0.2, 0.25) is 0 Å². The fourth-order valence-corrected chi connectivity index (χ4v) is 1.75. The molecule has 0 aliphatic heterocycles. The zero-order chi connectivity index (χ0) is 14.9. The molecule has 1 aromatic carbocycles. The quantitative estimate of drug-likeness (QED) is 0.888. The summed E-state index contributed by atoms with van der Waals surface area (Å²) in [7, 11) is 1.47. The third-order valence-electron chi connectivity index (χ3n) is 2.66. The Morgan fingerprint density at radius 2 is 2.00 bits per heavy atom. The number of nitrogens with two attached hydrogens (primary N) is 1. The van der Waals surface area contributed by atoms with Crippen molar-refractivity contribution >= 4 is 17.3 Å². The number of aromatic nitrogens is 2. The molecule has 106 valence electrons. The van der Waals surface area contributed by atoms with E-state index in [2.05, 4.69) is 10.4 Å². The van der Waals surface area contributed by atoms with E-state index in [1.807, 2.05) is 0 Å². The summed E-state index contributed by atoms with van der Waals surface area (Å²) in [6, 6.07) is 4.71. The highest BCUT2D eigenvalue weighted by Gasteiger charge is 2.33. The molecule has 5 nitrogen and oxygen atoms in total. The lowest BCUT2D eigenvalue weighted by Gasteiger charge is -2.13. The summed E-state index contributed by atoms with van der Waals surface area (Å²) in [5.74, 6) is -0.751. The Kier molecular flexibility index (Phi) is 3.39. The van der Waals surface area contributed by atoms with Crippen LogP contribution in [0.15, 0.2) is 30.5 Å². The zero-order valence-electron chi connectivity index (χ0n) is 10.4. The number of benzene rings is 1. The first-order valence-corrected chi connectivity index (χ1v) is 5.55. The van der Waals surface area contributed by atoms with E-state index in [0.29, 0.717) is 0 Å². The van der Waals surface area contributed by atoms with Crippen LogP contribution in [0.25, 0.3) is 0 Å². The Labute approximate surface area is 112 Å². The number of nitrogens with one attached hydrogen (secondary N) is 1. The fraction of sp³-hybridized carbons (Fsp3) is 0.167. The molecule has 20 heavy (non-hydrogen) atoms. The molecule has 0 fully saturated rings. The Balaban J connectivity index is 2.34. The minimum absolute atomic E-state index is 0.00183. The van der Waals surface area contributed by atoms with Crippen LogP contribution in [0.2, 0.25) is 0 Å². The first kappa shape index (κ1) is 13.9. The van der Waals surface area contributed by atoms with Crippen molar-refractivity contribution in [2.45, 2.75) is 6.18 Å². The summed E-state index contributed by atoms with van der Waals surface area (Å²) in [5, 5.41) is 5.96. The van der Waals surface area contributed by atoms with Crippen molar-refractivity contribution in [2.24, 2.45) is 7.05 Å². The maximum atomic E-state index is 12.8. The maximum Gasteiger partial charge on any atom is 0.418 e. The normalized spacial score (nSPS) is 11.4. The highest BCUT2D eigenvalue weighted by Crippen LogP contribution is 2.34. The number of hydrogen-bond donors (Lipinski definition) is 2. The minimum atomic E-state index is -4.55. The Morgan fingerprint density at radius 1 is 1.35 bits per heavy atom. The summed E-state index contributed by atoms with van der Waals surface area (Å²) in [6.45, 7) is 0. The van der Waals surface area contributed by atoms with Gasteiger partial charge in [0.15, 0.2) is 0 Å². The molecule has 0 bridgehead atoms. The molecule has 3 N–H and O–H groups in total. The Hall–Kier alpha value is -2.51. The number of carbonyl (C=O) groups is 1. The van der Waals surface area contributed by atoms with E-state index in [-0.39, 0.29) is 17.1 Å². The molecule has 0 radical (unpaired) electrons. The maximum absolute atomic E-state index is 12.8. The predicted octanol–water partition coefficient (Wildman–Crippen LogP) is 2.27. The van der Waals surface area contributed by atoms with Crippen molar-refractivity contribution in [2.75, 3.05) is 11.1 Å². The second-order valence-electron chi connectivity index (χ2n) is 4.07. The predicted molar refractivity (Wildman–Crippen MR) is 67.0 cm³/mol. The van der Waals surface area contributed by atoms with E-state index in [1.165, 1.54) is 36.1 Å². The van der Waals surface area contributed by atoms with E-state index < -0.39 is 17.6 Å². The zero-order valence-corrected chi connectivity index (χ0v) is 10.4. The van der Waals surface area contributed by atoms with Crippen LogP contribution in [0.4, 0.5) is 24.5 Å². The van der Waals surface area contributed by atoms with Crippen molar-refractivity contribution in [1.29, 1.82) is 0 Å². The summed E-state index contributed by atoms with van der Waals surface area (Å²) >= 11 is 0. The molecular formula is C12H11F3N4O. The number of aryl methyl sites for hydroxylation is 1. The van der Waals surface area contributed by atoms with Crippen molar-refractivity contribution < 1.29 is 18.0 Å². The summed E-state index contributed by atoms with van der Waals surface area (Å²) < 4.78 is 39.6. The monoisotopic (exact) mass is 284 g/mol. The van der Waals surface area contributed by atoms with Crippen LogP contribution >= 0.6 is 0 Å². The number of rotatable bonds is 2. The number of hydrogen-bond acceptors (Lipinski definition) is 3. The van der Waals surface area contributed by atoms with E-state index >= 15 is 0 Å². The van der Waals surface area contributed by atoms with Gasteiger partial charge >= 0.3 is 6.18 Å². The number of para-hydroxylation sites is 1. The molecule has 0 saturated heterocycles. The van der Waals surface area contributed by atoms with Gasteiger partial charge in [-0.05, 0) is 12.1 Å². The molecule has 1 aromatic heterocycles. The van der Waals surface area contributed by atoms with Gasteiger partial charge in [0.1, 0.15) is 5.69 Å². The van der Waals surface area contributed by atoms with Crippen molar-refractivity contribution in [3.63, 3.8) is 0 Å². The van der Waals surface area contributed by atoms with Gasteiger partial charge in [0, 0.05) is 7.05 Å². The summed E-state index contributed by atoms with van der Waals surface area (Å²) in [6.07, 6.45) is -3.30. The van der Waals surface area contributed by atoms with Gasteiger partial charge in [-0.25, -0.2) is 0 Å². The molecule has 0 aliphatic rings. The third kappa shape index (κ3) is 2.58. The lowest BCUT2D eigenvalue weighted by atomic mass is 10.1. The summed E-state index contributed by atoms with van der Waals surface area (Å²) in [5.41, 5.74) is 4.40. The lowest BCUT2D eigenvalue weighted by molar-refractivity contribution is -0.136. The minimum Gasteiger partial charge on any atom is -0.396 e. The lowest BCUT2D eigenvalue weighted by Crippen LogP contribution is -2.20. The number of anilines is 2. The first-order chi connectivity index (χ1) is 9.30. The molecule has 2 rings (SSSR count). The molecule has 0 atom stereocenters. The van der Waals surface area contributed by atoms with E-state index in [9.17, 15) is 18.0 Å². The highest BCUT2D eigenvalue weighted by molar-refractivity contribution is 6.06. The number of nitrogens with zero attached hydrogens (tertiary/aromatic N) is 2. The number of nitrogen functional groups attached to an aromatic ring is 1. The average molecular weight is 284 g/mol. The van der Waals surface area contributed by atoms with Crippen LogP contribution in [0.3, 0.4) is 0 Å². The van der Waals surface area contributed by atoms with Crippen LogP contribution in [-0.2, 0) is 13.2 Å². The smallest absolute Gasteiger partial charge is 0.396 e. The van der Waals surface area contributed by atoms with Gasteiger partial charge in [-0.2, -0.15) is 18.3 Å². The van der Waals surface area contributed by atoms with Gasteiger partial charge in [0.25, 0.3) is 5.91 Å². The fourth-order valence-electron chi connectivity index (χ4n) is 1.75. The molecule has 1 heterocycles. The van der Waals surface area contributed by atoms with Crippen molar-refractivity contribution in [3.8, 4) is 0 Å². The standard InChI is InChI=1S/C12H11F3N4O/c1-19-10(8(16)6-17-19)11(20)18-9-5-3-2-4-7(9)12(13,14)15/h2-6H,16H2,1H3,(H,18,20). The van der Waals surface area contributed by atoms with Gasteiger partial charge in [-0.3, -0.25) is 9.48 Å². The van der Waals surface area contributed by atoms with Gasteiger partial charge in [-0.1, -0.05) is 12.1 Å². The molecule has 2 aromatic rings. The van der Waals surface area contributed by atoms with Crippen LogP contribution in [0, 0.1) is 0 Å². The largest absolute Gasteiger partial charge is 0.418 e. The second-order valence-corrected chi connectivity index (χ2v) is 4.07. The van der Waals surface area contributed by atoms with E-state index in [1.54, 1.807) is 0 Å². The SMILES string of the molecule is Cn1ncc(N)c1C(=O)Nc1ccccc1C(F)(F)F. The van der Waals surface area contributed by atoms with E-state index in [0.717, 1.165) is 6.07 Å². The number of alkyl halides is 3. The molecule has 0 saturated carbocycles. The first-order valence-electron chi connectivity index (χ1n) is 5.55. The van der Waals surface area contributed by atoms with Crippen LogP contribution in [0.5, 0.6) is 0 Å². The molecule has 0 spiro atoms. The van der Waals surface area contributed by atoms with E-state index in [4.69, 9.17) is 5.73 Å². The third-order valence-corrected chi connectivity index (χ3v) is 2.66. The highest BCUT2D eigenvalue weighted by atomic mass is 19.4. The van der Waals surface area contributed by atoms with Gasteiger partial charge in [0.05, 0.1) is 23.1 Å². The van der Waals surface area contributed by atoms with Gasteiger partial charge in [-0.15, -0.1) is 0 Å². The Bertz CT molecular complexity index is 629. The molecule has 0 aliphatic carbocycles. The van der Waals surface area contributed by atoms with Crippen LogP contribution in [0.1, 0.15) is 16.1 Å². The molecule has 8 heteroatoms. The molecule has 0 unspecified atom stereocenters. The summed E-state index contributed by atoms with van der Waals surface area (Å²) in [4.78, 5) is 12.0. The number of carbonyl (C=O) groups excluding carboxylic acids is 1. The van der Waals surface area contributed by atoms with Crippen molar-refractivity contribution in [3.05, 3.63) is 41.7 Å². The molecular weight excluding hydrogens is 273 g/mol. The van der Waals surface area contributed by atoms with Gasteiger partial charge < -0.3 is 11.1 Å².